The third-order valence-electron chi connectivity index (χ3n) is 4.50. The lowest BCUT2D eigenvalue weighted by Gasteiger charge is -2.35. The molecule has 4 nitrogen and oxygen atoms in total. The quantitative estimate of drug-likeness (QED) is 0.838. The number of carbonyl (C=O) groups is 1. The minimum absolute atomic E-state index is 0.00146. The van der Waals surface area contributed by atoms with Crippen molar-refractivity contribution in [1.82, 2.24) is 10.2 Å². The fourth-order valence-electron chi connectivity index (χ4n) is 3.24. The molecular formula is C19H30N2O2. The molecule has 1 aromatic rings. The number of piperidine rings is 1. The van der Waals surface area contributed by atoms with E-state index < -0.39 is 0 Å². The number of rotatable bonds is 7. The largest absolute Gasteiger partial charge is 0.497 e. The first-order valence-electron chi connectivity index (χ1n) is 8.76. The Balaban J connectivity index is 1.91. The highest BCUT2D eigenvalue weighted by molar-refractivity contribution is 5.94. The van der Waals surface area contributed by atoms with Gasteiger partial charge in [0.1, 0.15) is 5.75 Å². The summed E-state index contributed by atoms with van der Waals surface area (Å²) in [7, 11) is 1.63. The summed E-state index contributed by atoms with van der Waals surface area (Å²) in [5, 5.41) is 3.12. The van der Waals surface area contributed by atoms with Gasteiger partial charge in [-0.1, -0.05) is 20.3 Å². The minimum atomic E-state index is -0.00146. The van der Waals surface area contributed by atoms with E-state index in [1.807, 2.05) is 24.3 Å². The Morgan fingerprint density at radius 2 is 1.83 bits per heavy atom. The van der Waals surface area contributed by atoms with E-state index in [0.29, 0.717) is 17.5 Å². The van der Waals surface area contributed by atoms with Crippen LogP contribution >= 0.6 is 0 Å². The van der Waals surface area contributed by atoms with Crippen LogP contribution in [0.4, 0.5) is 0 Å². The third-order valence-corrected chi connectivity index (χ3v) is 4.50. The van der Waals surface area contributed by atoms with Crippen LogP contribution in [0.1, 0.15) is 49.9 Å². The molecular weight excluding hydrogens is 288 g/mol. The van der Waals surface area contributed by atoms with Crippen LogP contribution < -0.4 is 10.1 Å². The summed E-state index contributed by atoms with van der Waals surface area (Å²) in [6, 6.07) is 7.72. The monoisotopic (exact) mass is 318 g/mol. The molecule has 0 bridgehead atoms. The van der Waals surface area contributed by atoms with Crippen LogP contribution in [-0.4, -0.2) is 43.6 Å². The first kappa shape index (κ1) is 17.8. The lowest BCUT2D eigenvalue weighted by molar-refractivity contribution is 0.0913. The summed E-state index contributed by atoms with van der Waals surface area (Å²) in [5.74, 6) is 1.41. The van der Waals surface area contributed by atoms with Crippen molar-refractivity contribution >= 4 is 5.91 Å². The number of amides is 1. The molecule has 1 aliphatic heterocycles. The van der Waals surface area contributed by atoms with Gasteiger partial charge in [-0.3, -0.25) is 9.69 Å². The van der Waals surface area contributed by atoms with Crippen molar-refractivity contribution < 1.29 is 9.53 Å². The van der Waals surface area contributed by atoms with Crippen LogP contribution in [0.5, 0.6) is 5.75 Å². The Labute approximate surface area is 140 Å². The van der Waals surface area contributed by atoms with Gasteiger partial charge in [-0.05, 0) is 62.5 Å². The van der Waals surface area contributed by atoms with Crippen molar-refractivity contribution in [3.05, 3.63) is 29.8 Å². The van der Waals surface area contributed by atoms with Crippen molar-refractivity contribution in [2.24, 2.45) is 5.92 Å². The van der Waals surface area contributed by atoms with Crippen LogP contribution in [0.3, 0.4) is 0 Å². The van der Waals surface area contributed by atoms with Gasteiger partial charge >= 0.3 is 0 Å². The van der Waals surface area contributed by atoms with Gasteiger partial charge in [0.05, 0.1) is 7.11 Å². The average Bonchev–Trinajstić information content (AvgIpc) is 2.59. The maximum atomic E-state index is 12.3. The Morgan fingerprint density at radius 1 is 1.17 bits per heavy atom. The van der Waals surface area contributed by atoms with Gasteiger partial charge in [0.2, 0.25) is 0 Å². The number of hydrogen-bond donors (Lipinski definition) is 1. The van der Waals surface area contributed by atoms with E-state index in [0.717, 1.165) is 31.8 Å². The van der Waals surface area contributed by atoms with Crippen molar-refractivity contribution in [2.75, 3.05) is 26.7 Å². The fourth-order valence-corrected chi connectivity index (χ4v) is 3.24. The molecule has 4 heteroatoms. The van der Waals surface area contributed by atoms with E-state index in [2.05, 4.69) is 24.1 Å². The summed E-state index contributed by atoms with van der Waals surface area (Å²) in [6.45, 7) is 7.55. The van der Waals surface area contributed by atoms with Crippen molar-refractivity contribution in [1.29, 1.82) is 0 Å². The summed E-state index contributed by atoms with van der Waals surface area (Å²) in [5.41, 5.74) is 0.688. The van der Waals surface area contributed by atoms with Gasteiger partial charge in [-0.15, -0.1) is 0 Å². The number of nitrogens with zero attached hydrogens (tertiary/aromatic N) is 1. The van der Waals surface area contributed by atoms with Gasteiger partial charge in [0.25, 0.3) is 5.91 Å². The van der Waals surface area contributed by atoms with E-state index in [-0.39, 0.29) is 5.91 Å². The zero-order chi connectivity index (χ0) is 16.7. The molecule has 0 spiro atoms. The molecule has 1 saturated heterocycles. The second kappa shape index (κ2) is 8.92. The maximum Gasteiger partial charge on any atom is 0.251 e. The van der Waals surface area contributed by atoms with E-state index in [1.165, 1.54) is 19.3 Å². The van der Waals surface area contributed by atoms with Gasteiger partial charge in [-0.25, -0.2) is 0 Å². The van der Waals surface area contributed by atoms with E-state index in [4.69, 9.17) is 4.74 Å². The molecule has 0 saturated carbocycles. The van der Waals surface area contributed by atoms with Gasteiger partial charge in [0, 0.05) is 18.2 Å². The van der Waals surface area contributed by atoms with Gasteiger partial charge in [0.15, 0.2) is 0 Å². The number of hydrogen-bond acceptors (Lipinski definition) is 3. The van der Waals surface area contributed by atoms with Crippen LogP contribution in [-0.2, 0) is 0 Å². The number of methoxy groups -OCH3 is 1. The number of likely N-dealkylation sites (tertiary alicyclic amines) is 1. The Hall–Kier alpha value is -1.55. The zero-order valence-electron chi connectivity index (χ0n) is 14.7. The molecule has 1 aromatic carbocycles. The number of benzene rings is 1. The first-order valence-corrected chi connectivity index (χ1v) is 8.76. The summed E-state index contributed by atoms with van der Waals surface area (Å²) in [6.07, 6.45) is 5.02. The highest BCUT2D eigenvalue weighted by Crippen LogP contribution is 2.17. The zero-order valence-corrected chi connectivity index (χ0v) is 14.7. The van der Waals surface area contributed by atoms with Gasteiger partial charge < -0.3 is 10.1 Å². The second-order valence-corrected chi connectivity index (χ2v) is 6.82. The van der Waals surface area contributed by atoms with Crippen molar-refractivity contribution in [3.8, 4) is 5.75 Å². The average molecular weight is 318 g/mol. The summed E-state index contributed by atoms with van der Waals surface area (Å²) in [4.78, 5) is 14.9. The second-order valence-electron chi connectivity index (χ2n) is 6.82. The number of nitrogens with one attached hydrogen (secondary N) is 1. The molecule has 1 heterocycles. The van der Waals surface area contributed by atoms with Crippen molar-refractivity contribution in [2.45, 2.75) is 45.6 Å². The van der Waals surface area contributed by atoms with Crippen LogP contribution in [0.15, 0.2) is 24.3 Å². The summed E-state index contributed by atoms with van der Waals surface area (Å²) >= 11 is 0. The van der Waals surface area contributed by atoms with E-state index in [1.54, 1.807) is 7.11 Å². The highest BCUT2D eigenvalue weighted by atomic mass is 16.5. The molecule has 1 aliphatic rings. The molecule has 23 heavy (non-hydrogen) atoms. The topological polar surface area (TPSA) is 41.6 Å². The molecule has 1 atom stereocenters. The van der Waals surface area contributed by atoms with Crippen LogP contribution in [0, 0.1) is 5.92 Å². The molecule has 1 N–H and O–H groups in total. The maximum absolute atomic E-state index is 12.3. The minimum Gasteiger partial charge on any atom is -0.497 e. The Bertz CT molecular complexity index is 479. The molecule has 0 radical (unpaired) electrons. The molecule has 1 unspecified atom stereocenters. The molecule has 1 amide bonds. The van der Waals surface area contributed by atoms with E-state index in [9.17, 15) is 4.79 Å². The highest BCUT2D eigenvalue weighted by Gasteiger charge is 2.22. The van der Waals surface area contributed by atoms with Crippen molar-refractivity contribution in [3.63, 3.8) is 0 Å². The predicted octanol–water partition coefficient (Wildman–Crippen LogP) is 3.33. The summed E-state index contributed by atoms with van der Waals surface area (Å²) < 4.78 is 5.13. The standard InChI is InChI=1S/C19H30N2O2/c1-15(2)13-17(21-11-5-4-6-12-21)14-20-19(22)16-7-9-18(23-3)10-8-16/h7-10,15,17H,4-6,11-14H2,1-3H3,(H,20,22). The Morgan fingerprint density at radius 3 is 2.39 bits per heavy atom. The molecule has 1 fully saturated rings. The normalized spacial score (nSPS) is 17.0. The predicted molar refractivity (Wildman–Crippen MR) is 94.0 cm³/mol. The third kappa shape index (κ3) is 5.54. The number of ether oxygens (including phenoxy) is 1. The molecule has 0 aromatic heterocycles. The lowest BCUT2D eigenvalue weighted by Crippen LogP contribution is -2.46. The SMILES string of the molecule is COc1ccc(C(=O)NCC(CC(C)C)N2CCCCC2)cc1. The van der Waals surface area contributed by atoms with E-state index >= 15 is 0 Å². The fraction of sp³-hybridized carbons (Fsp3) is 0.632. The molecule has 0 aliphatic carbocycles. The lowest BCUT2D eigenvalue weighted by atomic mass is 9.99. The number of carbonyl (C=O) groups excluding carboxylic acids is 1. The molecule has 2 rings (SSSR count). The first-order chi connectivity index (χ1) is 11.1. The molecule has 128 valence electrons. The van der Waals surface area contributed by atoms with Crippen LogP contribution in [0.25, 0.3) is 0 Å². The van der Waals surface area contributed by atoms with Crippen LogP contribution in [0.2, 0.25) is 0 Å². The smallest absolute Gasteiger partial charge is 0.251 e. The van der Waals surface area contributed by atoms with Gasteiger partial charge in [-0.2, -0.15) is 0 Å². The Kier molecular flexibility index (Phi) is 6.90.